The standard InChI is InChI=1S/C21H18N2O6/c1-26-15-6-11-12(7-16(15)27-2)20(24)13-8-23(22)21(25)19(13)18(11)10-3-4-14-17(5-10)29-9-28-14/h3-7,24H,8-9,22H2,1-2H3. The van der Waals surface area contributed by atoms with Crippen LogP contribution in [0.5, 0.6) is 28.7 Å². The molecule has 0 aromatic heterocycles. The summed E-state index contributed by atoms with van der Waals surface area (Å²) in [4.78, 5) is 12.9. The van der Waals surface area contributed by atoms with Gasteiger partial charge in [0.25, 0.3) is 5.91 Å². The van der Waals surface area contributed by atoms with Gasteiger partial charge in [0.1, 0.15) is 5.75 Å². The Bertz CT molecular complexity index is 1190. The first-order valence-corrected chi connectivity index (χ1v) is 8.93. The number of carbonyl (C=O) groups is 1. The Hall–Kier alpha value is -3.65. The second kappa shape index (κ2) is 6.18. The van der Waals surface area contributed by atoms with Crippen molar-refractivity contribution in [3.05, 3.63) is 41.5 Å². The van der Waals surface area contributed by atoms with Crippen LogP contribution in [0.3, 0.4) is 0 Å². The number of methoxy groups -OCH3 is 2. The Morgan fingerprint density at radius 3 is 2.41 bits per heavy atom. The number of phenols is 1. The summed E-state index contributed by atoms with van der Waals surface area (Å²) in [7, 11) is 3.06. The first-order valence-electron chi connectivity index (χ1n) is 8.93. The summed E-state index contributed by atoms with van der Waals surface area (Å²) in [5.41, 5.74) is 2.23. The van der Waals surface area contributed by atoms with Gasteiger partial charge in [0.2, 0.25) is 6.79 Å². The van der Waals surface area contributed by atoms with Gasteiger partial charge in [-0.25, -0.2) is 5.84 Å². The van der Waals surface area contributed by atoms with Gasteiger partial charge in [-0.15, -0.1) is 0 Å². The number of rotatable bonds is 3. The third kappa shape index (κ3) is 2.39. The maximum atomic E-state index is 12.9. The number of aromatic hydroxyl groups is 1. The van der Waals surface area contributed by atoms with Gasteiger partial charge in [-0.05, 0) is 35.2 Å². The summed E-state index contributed by atoms with van der Waals surface area (Å²) in [6.07, 6.45) is 0. The molecule has 2 heterocycles. The minimum absolute atomic E-state index is 0.00162. The third-order valence-corrected chi connectivity index (χ3v) is 5.35. The molecule has 3 N–H and O–H groups in total. The van der Waals surface area contributed by atoms with Crippen molar-refractivity contribution in [3.8, 4) is 39.9 Å². The zero-order valence-electron chi connectivity index (χ0n) is 15.8. The van der Waals surface area contributed by atoms with Gasteiger partial charge in [0.05, 0.1) is 26.3 Å². The van der Waals surface area contributed by atoms with Crippen LogP contribution in [-0.2, 0) is 6.54 Å². The summed E-state index contributed by atoms with van der Waals surface area (Å²) >= 11 is 0. The number of ether oxygens (including phenoxy) is 4. The molecule has 0 unspecified atom stereocenters. The Morgan fingerprint density at radius 1 is 1.00 bits per heavy atom. The van der Waals surface area contributed by atoms with Crippen LogP contribution in [0.1, 0.15) is 15.9 Å². The molecule has 0 aliphatic carbocycles. The number of fused-ring (bicyclic) bond motifs is 3. The highest BCUT2D eigenvalue weighted by molar-refractivity contribution is 6.15. The van der Waals surface area contributed by atoms with Gasteiger partial charge in [-0.1, -0.05) is 6.07 Å². The first-order chi connectivity index (χ1) is 14.0. The van der Waals surface area contributed by atoms with Gasteiger partial charge in [-0.2, -0.15) is 0 Å². The molecule has 3 aromatic rings. The quantitative estimate of drug-likeness (QED) is 0.520. The van der Waals surface area contributed by atoms with Crippen molar-refractivity contribution in [2.75, 3.05) is 21.0 Å². The van der Waals surface area contributed by atoms with Crippen molar-refractivity contribution < 1.29 is 28.8 Å². The smallest absolute Gasteiger partial charge is 0.269 e. The highest BCUT2D eigenvalue weighted by Gasteiger charge is 2.34. The number of hydrogen-bond donors (Lipinski definition) is 2. The van der Waals surface area contributed by atoms with Crippen LogP contribution in [0.4, 0.5) is 0 Å². The average Bonchev–Trinajstić information content (AvgIpc) is 3.32. The Balaban J connectivity index is 1.90. The van der Waals surface area contributed by atoms with Crippen molar-refractivity contribution in [2.45, 2.75) is 6.54 Å². The van der Waals surface area contributed by atoms with Crippen molar-refractivity contribution in [2.24, 2.45) is 5.84 Å². The van der Waals surface area contributed by atoms with Crippen molar-refractivity contribution in [1.82, 2.24) is 5.01 Å². The lowest BCUT2D eigenvalue weighted by Crippen LogP contribution is -2.30. The number of carbonyl (C=O) groups excluding carboxylic acids is 1. The van der Waals surface area contributed by atoms with E-state index in [2.05, 4.69) is 0 Å². The average molecular weight is 394 g/mol. The largest absolute Gasteiger partial charge is 0.507 e. The van der Waals surface area contributed by atoms with Crippen molar-refractivity contribution >= 4 is 16.7 Å². The third-order valence-electron chi connectivity index (χ3n) is 5.35. The monoisotopic (exact) mass is 394 g/mol. The normalized spacial score (nSPS) is 14.4. The van der Waals surface area contributed by atoms with Crippen LogP contribution in [0.15, 0.2) is 30.3 Å². The van der Waals surface area contributed by atoms with Gasteiger partial charge in [-0.3, -0.25) is 9.80 Å². The van der Waals surface area contributed by atoms with Crippen LogP contribution < -0.4 is 24.8 Å². The molecular formula is C21H18N2O6. The highest BCUT2D eigenvalue weighted by atomic mass is 16.7. The predicted octanol–water partition coefficient (Wildman–Crippen LogP) is 2.79. The van der Waals surface area contributed by atoms with Crippen LogP contribution in [0.25, 0.3) is 21.9 Å². The fraction of sp³-hybridized carbons (Fsp3) is 0.190. The molecule has 148 valence electrons. The molecule has 0 fully saturated rings. The first kappa shape index (κ1) is 17.4. The van der Waals surface area contributed by atoms with Crippen molar-refractivity contribution in [3.63, 3.8) is 0 Å². The zero-order chi connectivity index (χ0) is 20.3. The van der Waals surface area contributed by atoms with Crippen LogP contribution in [-0.4, -0.2) is 37.0 Å². The molecule has 29 heavy (non-hydrogen) atoms. The molecular weight excluding hydrogens is 376 g/mol. The van der Waals surface area contributed by atoms with E-state index >= 15 is 0 Å². The lowest BCUT2D eigenvalue weighted by molar-refractivity contribution is 0.0779. The maximum absolute atomic E-state index is 12.9. The minimum atomic E-state index is -0.361. The molecule has 8 heteroatoms. The van der Waals surface area contributed by atoms with E-state index in [9.17, 15) is 9.90 Å². The maximum Gasteiger partial charge on any atom is 0.269 e. The fourth-order valence-electron chi connectivity index (χ4n) is 3.98. The topological polar surface area (TPSA) is 103 Å². The molecule has 8 nitrogen and oxygen atoms in total. The number of amides is 1. The molecule has 2 aliphatic rings. The molecule has 5 rings (SSSR count). The van der Waals surface area contributed by atoms with Gasteiger partial charge >= 0.3 is 0 Å². The molecule has 3 aromatic carbocycles. The number of benzene rings is 3. The number of nitrogens with zero attached hydrogens (tertiary/aromatic N) is 1. The lowest BCUT2D eigenvalue weighted by Gasteiger charge is -2.17. The predicted molar refractivity (Wildman–Crippen MR) is 104 cm³/mol. The van der Waals surface area contributed by atoms with E-state index in [0.29, 0.717) is 50.5 Å². The van der Waals surface area contributed by atoms with E-state index in [0.717, 1.165) is 10.6 Å². The molecule has 0 radical (unpaired) electrons. The molecule has 0 saturated heterocycles. The van der Waals surface area contributed by atoms with E-state index < -0.39 is 0 Å². The molecule has 2 aliphatic heterocycles. The summed E-state index contributed by atoms with van der Waals surface area (Å²) in [6.45, 7) is 0.260. The summed E-state index contributed by atoms with van der Waals surface area (Å²) in [5, 5.41) is 13.2. The van der Waals surface area contributed by atoms with E-state index in [1.54, 1.807) is 18.2 Å². The number of hydrogen-bond acceptors (Lipinski definition) is 7. The van der Waals surface area contributed by atoms with E-state index in [1.165, 1.54) is 14.2 Å². The van der Waals surface area contributed by atoms with Crippen LogP contribution in [0, 0.1) is 0 Å². The van der Waals surface area contributed by atoms with Gasteiger partial charge in [0, 0.05) is 16.5 Å². The molecule has 1 amide bonds. The SMILES string of the molecule is COc1cc2c(O)c3c(c(-c4ccc5c(c4)OCO5)c2cc1OC)C(=O)N(N)C3. The number of phenolic OH excluding ortho intramolecular Hbond substituents is 1. The van der Waals surface area contributed by atoms with E-state index in [1.807, 2.05) is 12.1 Å². The second-order valence-electron chi connectivity index (χ2n) is 6.83. The number of nitrogens with two attached hydrogens (primary N) is 1. The Kier molecular flexibility index (Phi) is 3.72. The molecule has 0 atom stereocenters. The summed E-state index contributed by atoms with van der Waals surface area (Å²) in [6, 6.07) is 8.91. The van der Waals surface area contributed by atoms with Crippen LogP contribution in [0.2, 0.25) is 0 Å². The Labute approximate surface area is 165 Å². The summed E-state index contributed by atoms with van der Waals surface area (Å²) in [5.74, 6) is 7.71. The number of hydrazine groups is 1. The molecule has 0 bridgehead atoms. The highest BCUT2D eigenvalue weighted by Crippen LogP contribution is 2.48. The summed E-state index contributed by atoms with van der Waals surface area (Å²) < 4.78 is 21.7. The minimum Gasteiger partial charge on any atom is -0.507 e. The van der Waals surface area contributed by atoms with Crippen molar-refractivity contribution in [1.29, 1.82) is 0 Å². The van der Waals surface area contributed by atoms with E-state index in [-0.39, 0.29) is 25.0 Å². The van der Waals surface area contributed by atoms with E-state index in [4.69, 9.17) is 24.8 Å². The molecule has 0 saturated carbocycles. The van der Waals surface area contributed by atoms with Gasteiger partial charge < -0.3 is 24.1 Å². The fourth-order valence-corrected chi connectivity index (χ4v) is 3.98. The Morgan fingerprint density at radius 2 is 1.69 bits per heavy atom. The molecule has 0 spiro atoms. The van der Waals surface area contributed by atoms with Gasteiger partial charge in [0.15, 0.2) is 23.0 Å². The second-order valence-corrected chi connectivity index (χ2v) is 6.83. The lowest BCUT2D eigenvalue weighted by atomic mass is 9.89. The zero-order valence-corrected chi connectivity index (χ0v) is 15.8. The van der Waals surface area contributed by atoms with Crippen LogP contribution >= 0.6 is 0 Å².